The van der Waals surface area contributed by atoms with Crippen LogP contribution in [-0.4, -0.2) is 42.5 Å². The van der Waals surface area contributed by atoms with E-state index in [-0.39, 0.29) is 11.9 Å². The van der Waals surface area contributed by atoms with Gasteiger partial charge in [0.1, 0.15) is 5.75 Å². The normalized spacial score (nSPS) is 23.0. The first kappa shape index (κ1) is 19.9. The van der Waals surface area contributed by atoms with Crippen LogP contribution in [0.5, 0.6) is 0 Å². The van der Waals surface area contributed by atoms with Crippen LogP contribution in [0.15, 0.2) is 22.7 Å². The molecule has 0 spiro atoms. The van der Waals surface area contributed by atoms with Crippen LogP contribution in [0.4, 0.5) is 0 Å². The second-order valence-corrected chi connectivity index (χ2v) is 10.8. The van der Waals surface area contributed by atoms with Crippen LogP contribution in [-0.2, 0) is 27.8 Å². The summed E-state index contributed by atoms with van der Waals surface area (Å²) < 4.78 is 28.8. The summed E-state index contributed by atoms with van der Waals surface area (Å²) in [6.07, 6.45) is 4.48. The van der Waals surface area contributed by atoms with Gasteiger partial charge in [0.15, 0.2) is 0 Å². The standard InChI is InChI=1S/C20H26BrN3O3S/c1-13-5-7-14(8-6-13)23-28(26,27)12-19(25)24-10-9-18-16(11-24)15-3-2-4-17(21)20(15)22-18/h2-4,13-14,22-23H,5-12H2,1H3. The van der Waals surface area contributed by atoms with Gasteiger partial charge in [-0.3, -0.25) is 4.79 Å². The highest BCUT2D eigenvalue weighted by Gasteiger charge is 2.29. The predicted octanol–water partition coefficient (Wildman–Crippen LogP) is 3.31. The lowest BCUT2D eigenvalue weighted by atomic mass is 9.88. The minimum absolute atomic E-state index is 0.0343. The van der Waals surface area contributed by atoms with Crippen molar-refractivity contribution in [2.75, 3.05) is 12.3 Å². The molecule has 1 aliphatic carbocycles. The summed E-state index contributed by atoms with van der Waals surface area (Å²) in [6.45, 7) is 3.18. The molecule has 2 N–H and O–H groups in total. The summed E-state index contributed by atoms with van der Waals surface area (Å²) in [5.74, 6) is -0.145. The Morgan fingerprint density at radius 2 is 2.04 bits per heavy atom. The van der Waals surface area contributed by atoms with Crippen molar-refractivity contribution >= 4 is 42.8 Å². The number of amides is 1. The molecule has 152 valence electrons. The number of rotatable bonds is 4. The summed E-state index contributed by atoms with van der Waals surface area (Å²) in [7, 11) is -3.62. The largest absolute Gasteiger partial charge is 0.357 e. The maximum Gasteiger partial charge on any atom is 0.239 e. The zero-order chi connectivity index (χ0) is 19.9. The number of carbonyl (C=O) groups is 1. The van der Waals surface area contributed by atoms with Gasteiger partial charge in [0.25, 0.3) is 0 Å². The number of aromatic amines is 1. The molecule has 2 aliphatic rings. The second kappa shape index (κ2) is 7.80. The van der Waals surface area contributed by atoms with E-state index in [1.54, 1.807) is 4.90 Å². The molecule has 0 atom stereocenters. The molecule has 1 amide bonds. The average molecular weight is 468 g/mol. The molecule has 1 saturated carbocycles. The van der Waals surface area contributed by atoms with Crippen LogP contribution < -0.4 is 4.72 Å². The van der Waals surface area contributed by atoms with Crippen molar-refractivity contribution < 1.29 is 13.2 Å². The van der Waals surface area contributed by atoms with Crippen molar-refractivity contribution in [3.05, 3.63) is 33.9 Å². The number of hydrogen-bond acceptors (Lipinski definition) is 3. The Balaban J connectivity index is 1.43. The number of nitrogens with one attached hydrogen (secondary N) is 2. The van der Waals surface area contributed by atoms with Crippen molar-refractivity contribution in [1.82, 2.24) is 14.6 Å². The Hall–Kier alpha value is -1.38. The number of hydrogen-bond donors (Lipinski definition) is 2. The highest BCUT2D eigenvalue weighted by atomic mass is 79.9. The zero-order valence-corrected chi connectivity index (χ0v) is 18.4. The van der Waals surface area contributed by atoms with E-state index >= 15 is 0 Å². The van der Waals surface area contributed by atoms with Gasteiger partial charge in [-0.05, 0) is 53.6 Å². The molecule has 28 heavy (non-hydrogen) atoms. The lowest BCUT2D eigenvalue weighted by Crippen LogP contribution is -2.44. The Labute approximate surface area is 174 Å². The number of H-pyrrole nitrogens is 1. The number of aromatic nitrogens is 1. The second-order valence-electron chi connectivity index (χ2n) is 8.14. The molecular weight excluding hydrogens is 442 g/mol. The molecule has 0 saturated heterocycles. The highest BCUT2D eigenvalue weighted by Crippen LogP contribution is 2.32. The minimum atomic E-state index is -3.62. The quantitative estimate of drug-likeness (QED) is 0.723. The van der Waals surface area contributed by atoms with Gasteiger partial charge in [0.05, 0.1) is 5.52 Å². The molecule has 8 heteroatoms. The Bertz CT molecular complexity index is 994. The van der Waals surface area contributed by atoms with E-state index in [2.05, 4.69) is 32.6 Å². The van der Waals surface area contributed by atoms with Gasteiger partial charge in [-0.1, -0.05) is 19.1 Å². The SMILES string of the molecule is CC1CCC(NS(=O)(=O)CC(=O)N2CCc3[nH]c4c(Br)cccc4c3C2)CC1. The topological polar surface area (TPSA) is 82.3 Å². The van der Waals surface area contributed by atoms with Crippen molar-refractivity contribution in [3.63, 3.8) is 0 Å². The third kappa shape index (κ3) is 4.14. The summed E-state index contributed by atoms with van der Waals surface area (Å²) in [5, 5.41) is 1.08. The summed E-state index contributed by atoms with van der Waals surface area (Å²) >= 11 is 3.56. The van der Waals surface area contributed by atoms with E-state index < -0.39 is 15.8 Å². The van der Waals surface area contributed by atoms with Gasteiger partial charge in [0.2, 0.25) is 15.9 Å². The molecule has 0 radical (unpaired) electrons. The number of sulfonamides is 1. The molecule has 0 bridgehead atoms. The van der Waals surface area contributed by atoms with Crippen LogP contribution in [0, 0.1) is 5.92 Å². The molecule has 2 heterocycles. The first-order chi connectivity index (χ1) is 13.3. The van der Waals surface area contributed by atoms with Crippen LogP contribution in [0.25, 0.3) is 10.9 Å². The van der Waals surface area contributed by atoms with Crippen LogP contribution in [0.3, 0.4) is 0 Å². The van der Waals surface area contributed by atoms with E-state index in [9.17, 15) is 13.2 Å². The first-order valence-corrected chi connectivity index (χ1v) is 12.3. The third-order valence-electron chi connectivity index (χ3n) is 5.99. The summed E-state index contributed by atoms with van der Waals surface area (Å²) in [5.41, 5.74) is 3.24. The fourth-order valence-corrected chi connectivity index (χ4v) is 6.14. The van der Waals surface area contributed by atoms with Gasteiger partial charge in [-0.15, -0.1) is 0 Å². The van der Waals surface area contributed by atoms with Gasteiger partial charge >= 0.3 is 0 Å². The maximum atomic E-state index is 12.7. The van der Waals surface area contributed by atoms with Crippen LogP contribution in [0.1, 0.15) is 43.9 Å². The van der Waals surface area contributed by atoms with Crippen molar-refractivity contribution in [2.45, 2.75) is 51.6 Å². The van der Waals surface area contributed by atoms with Gasteiger partial charge in [-0.2, -0.15) is 0 Å². The van der Waals surface area contributed by atoms with E-state index in [1.807, 2.05) is 18.2 Å². The van der Waals surface area contributed by atoms with Crippen molar-refractivity contribution in [1.29, 1.82) is 0 Å². The van der Waals surface area contributed by atoms with E-state index in [0.717, 1.165) is 52.3 Å². The minimum Gasteiger partial charge on any atom is -0.357 e. The van der Waals surface area contributed by atoms with Gasteiger partial charge < -0.3 is 9.88 Å². The van der Waals surface area contributed by atoms with Crippen LogP contribution in [0.2, 0.25) is 0 Å². The Morgan fingerprint density at radius 1 is 1.29 bits per heavy atom. The van der Waals surface area contributed by atoms with Gasteiger partial charge in [-0.25, -0.2) is 13.1 Å². The third-order valence-corrected chi connectivity index (χ3v) is 7.97. The fraction of sp³-hybridized carbons (Fsp3) is 0.550. The maximum absolute atomic E-state index is 12.7. The number of para-hydroxylation sites is 1. The van der Waals surface area contributed by atoms with Crippen LogP contribution >= 0.6 is 15.9 Å². The molecule has 0 unspecified atom stereocenters. The van der Waals surface area contributed by atoms with E-state index in [1.165, 1.54) is 0 Å². The molecule has 1 fully saturated rings. The summed E-state index contributed by atoms with van der Waals surface area (Å²) in [4.78, 5) is 17.8. The number of nitrogens with zero attached hydrogens (tertiary/aromatic N) is 1. The monoisotopic (exact) mass is 467 g/mol. The summed E-state index contributed by atoms with van der Waals surface area (Å²) in [6, 6.07) is 5.96. The molecule has 6 nitrogen and oxygen atoms in total. The predicted molar refractivity (Wildman–Crippen MR) is 113 cm³/mol. The number of benzene rings is 1. The Kier molecular flexibility index (Phi) is 5.55. The van der Waals surface area contributed by atoms with Gasteiger partial charge in [0, 0.05) is 46.7 Å². The zero-order valence-electron chi connectivity index (χ0n) is 16.0. The first-order valence-electron chi connectivity index (χ1n) is 9.88. The fourth-order valence-electron chi connectivity index (χ4n) is 4.34. The molecule has 2 aromatic rings. The molecule has 4 rings (SSSR count). The molecule has 1 aliphatic heterocycles. The molecular formula is C20H26BrN3O3S. The Morgan fingerprint density at radius 3 is 2.79 bits per heavy atom. The van der Waals surface area contributed by atoms with Crippen molar-refractivity contribution in [2.24, 2.45) is 5.92 Å². The number of carbonyl (C=O) groups excluding carboxylic acids is 1. The van der Waals surface area contributed by atoms with E-state index in [4.69, 9.17) is 0 Å². The molecule has 1 aromatic heterocycles. The highest BCUT2D eigenvalue weighted by molar-refractivity contribution is 9.10. The lowest BCUT2D eigenvalue weighted by molar-refractivity contribution is -0.129. The van der Waals surface area contributed by atoms with Crippen molar-refractivity contribution in [3.8, 4) is 0 Å². The number of fused-ring (bicyclic) bond motifs is 3. The smallest absolute Gasteiger partial charge is 0.239 e. The lowest BCUT2D eigenvalue weighted by Gasteiger charge is -2.29. The molecule has 1 aromatic carbocycles. The number of halogens is 1. The average Bonchev–Trinajstić information content (AvgIpc) is 3.02. The van der Waals surface area contributed by atoms with E-state index in [0.29, 0.717) is 25.4 Å².